The summed E-state index contributed by atoms with van der Waals surface area (Å²) in [5.74, 6) is 1.82. The Balaban J connectivity index is 1.69. The van der Waals surface area contributed by atoms with Gasteiger partial charge in [0.2, 0.25) is 11.7 Å². The van der Waals surface area contributed by atoms with Crippen molar-refractivity contribution < 1.29 is 4.52 Å². The summed E-state index contributed by atoms with van der Waals surface area (Å²) in [7, 11) is 0. The molecular formula is C12H15N5O. The summed E-state index contributed by atoms with van der Waals surface area (Å²) in [4.78, 5) is 12.3. The fourth-order valence-electron chi connectivity index (χ4n) is 2.21. The maximum absolute atomic E-state index is 5.27. The molecule has 1 atom stereocenters. The van der Waals surface area contributed by atoms with Gasteiger partial charge in [-0.3, -0.25) is 0 Å². The van der Waals surface area contributed by atoms with Crippen LogP contribution in [0, 0.1) is 5.92 Å². The van der Waals surface area contributed by atoms with Crippen molar-refractivity contribution in [1.29, 1.82) is 0 Å². The first kappa shape index (κ1) is 11.3. The highest BCUT2D eigenvalue weighted by Gasteiger charge is 2.17. The van der Waals surface area contributed by atoms with E-state index in [4.69, 9.17) is 4.52 Å². The van der Waals surface area contributed by atoms with Crippen LogP contribution >= 0.6 is 0 Å². The Labute approximate surface area is 105 Å². The molecule has 1 unspecified atom stereocenters. The van der Waals surface area contributed by atoms with Crippen molar-refractivity contribution in [3.05, 3.63) is 24.5 Å². The molecule has 0 saturated carbocycles. The molecule has 18 heavy (non-hydrogen) atoms. The van der Waals surface area contributed by atoms with E-state index >= 15 is 0 Å². The molecule has 0 amide bonds. The largest absolute Gasteiger partial charge is 0.339 e. The fourth-order valence-corrected chi connectivity index (χ4v) is 2.21. The highest BCUT2D eigenvalue weighted by molar-refractivity contribution is 5.46. The summed E-state index contributed by atoms with van der Waals surface area (Å²) in [5.41, 5.74) is 0.696. The topological polar surface area (TPSA) is 76.7 Å². The van der Waals surface area contributed by atoms with Crippen LogP contribution in [-0.2, 0) is 6.42 Å². The van der Waals surface area contributed by atoms with Gasteiger partial charge >= 0.3 is 0 Å². The van der Waals surface area contributed by atoms with Gasteiger partial charge in [-0.2, -0.15) is 4.98 Å². The van der Waals surface area contributed by atoms with Crippen LogP contribution in [0.15, 0.2) is 23.1 Å². The third-order valence-electron chi connectivity index (χ3n) is 3.14. The van der Waals surface area contributed by atoms with Crippen LogP contribution in [-0.4, -0.2) is 33.2 Å². The zero-order chi connectivity index (χ0) is 12.2. The lowest BCUT2D eigenvalue weighted by Crippen LogP contribution is -2.30. The molecule has 2 aromatic heterocycles. The molecule has 1 N–H and O–H groups in total. The van der Waals surface area contributed by atoms with Gasteiger partial charge in [-0.05, 0) is 37.9 Å². The van der Waals surface area contributed by atoms with Crippen LogP contribution in [0.3, 0.4) is 0 Å². The first-order chi connectivity index (χ1) is 8.92. The summed E-state index contributed by atoms with van der Waals surface area (Å²) >= 11 is 0. The van der Waals surface area contributed by atoms with E-state index in [1.807, 2.05) is 0 Å². The van der Waals surface area contributed by atoms with E-state index in [2.05, 4.69) is 25.4 Å². The number of aromatic nitrogens is 4. The average Bonchev–Trinajstić information content (AvgIpc) is 2.89. The van der Waals surface area contributed by atoms with Gasteiger partial charge in [-0.25, -0.2) is 9.97 Å². The van der Waals surface area contributed by atoms with Crippen LogP contribution in [0.5, 0.6) is 0 Å². The van der Waals surface area contributed by atoms with E-state index in [1.54, 1.807) is 12.3 Å². The van der Waals surface area contributed by atoms with Gasteiger partial charge in [0, 0.05) is 12.6 Å². The lowest BCUT2D eigenvalue weighted by Gasteiger charge is -2.20. The Hall–Kier alpha value is -1.82. The number of nitrogens with zero attached hydrogens (tertiary/aromatic N) is 4. The van der Waals surface area contributed by atoms with Crippen LogP contribution in [0.25, 0.3) is 11.5 Å². The van der Waals surface area contributed by atoms with Gasteiger partial charge in [0.1, 0.15) is 12.0 Å². The maximum Gasteiger partial charge on any atom is 0.227 e. The molecule has 94 valence electrons. The van der Waals surface area contributed by atoms with E-state index in [9.17, 15) is 0 Å². The Morgan fingerprint density at radius 2 is 2.44 bits per heavy atom. The monoisotopic (exact) mass is 245 g/mol. The van der Waals surface area contributed by atoms with Crippen molar-refractivity contribution in [3.63, 3.8) is 0 Å². The summed E-state index contributed by atoms with van der Waals surface area (Å²) in [6.45, 7) is 2.15. The highest BCUT2D eigenvalue weighted by atomic mass is 16.5. The minimum absolute atomic E-state index is 0.538. The predicted molar refractivity (Wildman–Crippen MR) is 64.6 cm³/mol. The first-order valence-electron chi connectivity index (χ1n) is 6.21. The van der Waals surface area contributed by atoms with Crippen LogP contribution in [0.4, 0.5) is 0 Å². The summed E-state index contributed by atoms with van der Waals surface area (Å²) in [6, 6.07) is 1.77. The van der Waals surface area contributed by atoms with E-state index in [0.29, 0.717) is 23.3 Å². The third kappa shape index (κ3) is 2.53. The molecule has 0 radical (unpaired) electrons. The normalized spacial score (nSPS) is 19.9. The molecule has 1 saturated heterocycles. The van der Waals surface area contributed by atoms with Gasteiger partial charge in [0.25, 0.3) is 0 Å². The Bertz CT molecular complexity index is 492. The molecule has 3 heterocycles. The number of piperidine rings is 1. The number of nitrogens with one attached hydrogen (secondary N) is 1. The maximum atomic E-state index is 5.27. The van der Waals surface area contributed by atoms with Crippen molar-refractivity contribution in [2.24, 2.45) is 5.92 Å². The molecule has 0 aromatic carbocycles. The van der Waals surface area contributed by atoms with Gasteiger partial charge in [0.15, 0.2) is 0 Å². The first-order valence-corrected chi connectivity index (χ1v) is 6.21. The second kappa shape index (κ2) is 5.22. The van der Waals surface area contributed by atoms with E-state index in [1.165, 1.54) is 19.2 Å². The van der Waals surface area contributed by atoms with E-state index in [-0.39, 0.29) is 0 Å². The van der Waals surface area contributed by atoms with Crippen molar-refractivity contribution in [2.45, 2.75) is 19.3 Å². The van der Waals surface area contributed by atoms with Gasteiger partial charge in [-0.15, -0.1) is 0 Å². The Morgan fingerprint density at radius 3 is 3.22 bits per heavy atom. The minimum atomic E-state index is 0.538. The molecule has 0 bridgehead atoms. The molecule has 1 aliphatic rings. The van der Waals surface area contributed by atoms with Crippen LogP contribution in [0.1, 0.15) is 18.7 Å². The molecule has 0 spiro atoms. The quantitative estimate of drug-likeness (QED) is 0.871. The molecular weight excluding hydrogens is 230 g/mol. The number of hydrogen-bond acceptors (Lipinski definition) is 6. The molecule has 6 nitrogen and oxygen atoms in total. The Morgan fingerprint density at radius 1 is 1.44 bits per heavy atom. The highest BCUT2D eigenvalue weighted by Crippen LogP contribution is 2.17. The second-order valence-corrected chi connectivity index (χ2v) is 4.52. The van der Waals surface area contributed by atoms with Crippen molar-refractivity contribution >= 4 is 0 Å². The zero-order valence-corrected chi connectivity index (χ0v) is 10.0. The molecule has 1 fully saturated rings. The van der Waals surface area contributed by atoms with Gasteiger partial charge in [-0.1, -0.05) is 5.16 Å². The number of hydrogen-bond donors (Lipinski definition) is 1. The zero-order valence-electron chi connectivity index (χ0n) is 10.0. The summed E-state index contributed by atoms with van der Waals surface area (Å²) in [6.07, 6.45) is 6.43. The summed E-state index contributed by atoms with van der Waals surface area (Å²) < 4.78 is 5.27. The molecule has 0 aliphatic carbocycles. The lowest BCUT2D eigenvalue weighted by molar-refractivity contribution is 0.316. The molecule has 3 rings (SSSR count). The Kier molecular flexibility index (Phi) is 3.27. The van der Waals surface area contributed by atoms with E-state index in [0.717, 1.165) is 19.5 Å². The minimum Gasteiger partial charge on any atom is -0.339 e. The third-order valence-corrected chi connectivity index (χ3v) is 3.14. The van der Waals surface area contributed by atoms with Gasteiger partial charge in [0.05, 0.1) is 0 Å². The lowest BCUT2D eigenvalue weighted by atomic mass is 9.96. The molecule has 1 aliphatic heterocycles. The van der Waals surface area contributed by atoms with Crippen molar-refractivity contribution in [3.8, 4) is 11.5 Å². The standard InChI is InChI=1S/C12H15N5O/c1-2-9(7-13-4-1)6-11-16-12(17-18-11)10-3-5-14-8-15-10/h3,5,8-9,13H,1-2,4,6-7H2. The smallest absolute Gasteiger partial charge is 0.227 e. The molecule has 6 heteroatoms. The predicted octanol–water partition coefficient (Wildman–Crippen LogP) is 1.07. The average molecular weight is 245 g/mol. The SMILES string of the molecule is c1cc(-c2noc(CC3CCCNC3)n2)ncn1. The van der Waals surface area contributed by atoms with Crippen molar-refractivity contribution in [2.75, 3.05) is 13.1 Å². The fraction of sp³-hybridized carbons (Fsp3) is 0.500. The van der Waals surface area contributed by atoms with E-state index < -0.39 is 0 Å². The number of rotatable bonds is 3. The van der Waals surface area contributed by atoms with Crippen LogP contribution in [0.2, 0.25) is 0 Å². The van der Waals surface area contributed by atoms with Gasteiger partial charge < -0.3 is 9.84 Å². The summed E-state index contributed by atoms with van der Waals surface area (Å²) in [5, 5.41) is 7.34. The molecule has 2 aromatic rings. The second-order valence-electron chi connectivity index (χ2n) is 4.52. The van der Waals surface area contributed by atoms with Crippen LogP contribution < -0.4 is 5.32 Å². The van der Waals surface area contributed by atoms with Crippen molar-refractivity contribution in [1.82, 2.24) is 25.4 Å².